The maximum atomic E-state index is 13.7. The average Bonchev–Trinajstić information content (AvgIpc) is 3.11. The second kappa shape index (κ2) is 4.90. The van der Waals surface area contributed by atoms with E-state index in [0.717, 1.165) is 18.7 Å². The van der Waals surface area contributed by atoms with Gasteiger partial charge in [0.2, 0.25) is 11.8 Å². The molecule has 1 aromatic heterocycles. The molecular formula is C16H16FN3O2. The molecule has 1 aromatic carbocycles. The normalized spacial score (nSPS) is 21.6. The van der Waals surface area contributed by atoms with Crippen LogP contribution in [-0.4, -0.2) is 22.6 Å². The Morgan fingerprint density at radius 2 is 2.14 bits per heavy atom. The molecule has 0 radical (unpaired) electrons. The van der Waals surface area contributed by atoms with Gasteiger partial charge in [0.05, 0.1) is 5.92 Å². The standard InChI is InChI=1S/C16H16FN3O2/c1-9-12(17)3-2-4-13(9)20-8-11(7-14(20)21)16-18-15(19-22-16)10-5-6-10/h2-4,10-11H,5-8H2,1H3. The zero-order valence-electron chi connectivity index (χ0n) is 12.3. The molecule has 0 spiro atoms. The predicted octanol–water partition coefficient (Wildman–Crippen LogP) is 2.92. The molecule has 1 unspecified atom stereocenters. The van der Waals surface area contributed by atoms with Crippen LogP contribution in [0.5, 0.6) is 0 Å². The largest absolute Gasteiger partial charge is 0.339 e. The highest BCUT2D eigenvalue weighted by atomic mass is 19.1. The van der Waals surface area contributed by atoms with Crippen molar-refractivity contribution in [1.29, 1.82) is 0 Å². The van der Waals surface area contributed by atoms with Crippen molar-refractivity contribution in [2.75, 3.05) is 11.4 Å². The van der Waals surface area contributed by atoms with Crippen molar-refractivity contribution in [3.8, 4) is 0 Å². The van der Waals surface area contributed by atoms with Crippen LogP contribution in [0, 0.1) is 12.7 Å². The molecule has 2 aromatic rings. The van der Waals surface area contributed by atoms with Crippen molar-refractivity contribution in [2.24, 2.45) is 0 Å². The fourth-order valence-electron chi connectivity index (χ4n) is 2.91. The molecule has 2 fully saturated rings. The molecule has 2 aliphatic rings. The number of carbonyl (C=O) groups excluding carboxylic acids is 1. The second-order valence-corrected chi connectivity index (χ2v) is 6.05. The van der Waals surface area contributed by atoms with Gasteiger partial charge in [-0.3, -0.25) is 4.79 Å². The van der Waals surface area contributed by atoms with Crippen molar-refractivity contribution in [1.82, 2.24) is 10.1 Å². The highest BCUT2D eigenvalue weighted by Crippen LogP contribution is 2.39. The smallest absolute Gasteiger partial charge is 0.232 e. The van der Waals surface area contributed by atoms with E-state index in [1.807, 2.05) is 0 Å². The van der Waals surface area contributed by atoms with Gasteiger partial charge in [-0.1, -0.05) is 11.2 Å². The minimum absolute atomic E-state index is 0.0372. The minimum Gasteiger partial charge on any atom is -0.339 e. The van der Waals surface area contributed by atoms with Crippen molar-refractivity contribution < 1.29 is 13.7 Å². The zero-order valence-corrected chi connectivity index (χ0v) is 12.3. The fraction of sp³-hybridized carbons (Fsp3) is 0.438. The van der Waals surface area contributed by atoms with Crippen LogP contribution in [0.4, 0.5) is 10.1 Å². The van der Waals surface area contributed by atoms with E-state index in [9.17, 15) is 9.18 Å². The van der Waals surface area contributed by atoms with E-state index >= 15 is 0 Å². The van der Waals surface area contributed by atoms with Gasteiger partial charge in [-0.15, -0.1) is 0 Å². The maximum absolute atomic E-state index is 13.7. The van der Waals surface area contributed by atoms with E-state index in [2.05, 4.69) is 10.1 Å². The van der Waals surface area contributed by atoms with Gasteiger partial charge in [0, 0.05) is 30.1 Å². The van der Waals surface area contributed by atoms with E-state index in [1.165, 1.54) is 6.07 Å². The Hall–Kier alpha value is -2.24. The Labute approximate surface area is 127 Å². The number of halogens is 1. The number of aromatic nitrogens is 2. The third kappa shape index (κ3) is 2.19. The van der Waals surface area contributed by atoms with Crippen LogP contribution >= 0.6 is 0 Å². The van der Waals surface area contributed by atoms with Crippen molar-refractivity contribution in [3.63, 3.8) is 0 Å². The van der Waals surface area contributed by atoms with Crippen molar-refractivity contribution in [2.45, 2.75) is 38.0 Å². The van der Waals surface area contributed by atoms with Crippen LogP contribution in [0.25, 0.3) is 0 Å². The van der Waals surface area contributed by atoms with E-state index in [0.29, 0.717) is 36.0 Å². The summed E-state index contributed by atoms with van der Waals surface area (Å²) in [6, 6.07) is 4.79. The molecule has 2 heterocycles. The van der Waals surface area contributed by atoms with Gasteiger partial charge in [-0.25, -0.2) is 4.39 Å². The van der Waals surface area contributed by atoms with Crippen molar-refractivity contribution in [3.05, 3.63) is 41.3 Å². The average molecular weight is 301 g/mol. The summed E-state index contributed by atoms with van der Waals surface area (Å²) in [6.45, 7) is 2.14. The lowest BCUT2D eigenvalue weighted by Crippen LogP contribution is -2.25. The molecule has 1 aliphatic heterocycles. The Balaban J connectivity index is 1.58. The molecule has 1 amide bonds. The van der Waals surface area contributed by atoms with Crippen LogP contribution in [-0.2, 0) is 4.79 Å². The Kier molecular flexibility index (Phi) is 2.99. The van der Waals surface area contributed by atoms with Gasteiger partial charge < -0.3 is 9.42 Å². The molecule has 0 N–H and O–H groups in total. The molecule has 5 nitrogen and oxygen atoms in total. The van der Waals surface area contributed by atoms with Crippen LogP contribution in [0.2, 0.25) is 0 Å². The topological polar surface area (TPSA) is 59.2 Å². The number of amides is 1. The number of anilines is 1. The lowest BCUT2D eigenvalue weighted by atomic mass is 10.1. The lowest BCUT2D eigenvalue weighted by molar-refractivity contribution is -0.117. The summed E-state index contributed by atoms with van der Waals surface area (Å²) in [6.07, 6.45) is 2.54. The number of rotatable bonds is 3. The van der Waals surface area contributed by atoms with E-state index < -0.39 is 0 Å². The van der Waals surface area contributed by atoms with Gasteiger partial charge in [-0.05, 0) is 31.9 Å². The molecule has 0 bridgehead atoms. The van der Waals surface area contributed by atoms with Gasteiger partial charge in [0.25, 0.3) is 0 Å². The first-order valence-corrected chi connectivity index (χ1v) is 7.52. The summed E-state index contributed by atoms with van der Waals surface area (Å²) >= 11 is 0. The number of hydrogen-bond donors (Lipinski definition) is 0. The molecule has 6 heteroatoms. The second-order valence-electron chi connectivity index (χ2n) is 6.05. The first-order chi connectivity index (χ1) is 10.6. The van der Waals surface area contributed by atoms with Crippen molar-refractivity contribution >= 4 is 11.6 Å². The lowest BCUT2D eigenvalue weighted by Gasteiger charge is -2.18. The summed E-state index contributed by atoms with van der Waals surface area (Å²) in [5, 5.41) is 4.00. The predicted molar refractivity (Wildman–Crippen MR) is 77.1 cm³/mol. The first-order valence-electron chi connectivity index (χ1n) is 7.52. The molecule has 1 aliphatic carbocycles. The zero-order chi connectivity index (χ0) is 15.3. The maximum Gasteiger partial charge on any atom is 0.232 e. The van der Waals surface area contributed by atoms with Crippen LogP contribution in [0.15, 0.2) is 22.7 Å². The summed E-state index contributed by atoms with van der Waals surface area (Å²) in [4.78, 5) is 18.3. The summed E-state index contributed by atoms with van der Waals surface area (Å²) in [7, 11) is 0. The number of carbonyl (C=O) groups is 1. The molecule has 1 saturated heterocycles. The fourth-order valence-corrected chi connectivity index (χ4v) is 2.91. The Bertz CT molecular complexity index is 739. The number of hydrogen-bond acceptors (Lipinski definition) is 4. The summed E-state index contributed by atoms with van der Waals surface area (Å²) < 4.78 is 19.0. The molecule has 114 valence electrons. The van der Waals surface area contributed by atoms with Gasteiger partial charge in [-0.2, -0.15) is 4.98 Å². The van der Waals surface area contributed by atoms with Gasteiger partial charge >= 0.3 is 0 Å². The number of nitrogens with zero attached hydrogens (tertiary/aromatic N) is 3. The van der Waals surface area contributed by atoms with Crippen LogP contribution < -0.4 is 4.90 Å². The first kappa shape index (κ1) is 13.4. The molecule has 1 atom stereocenters. The van der Waals surface area contributed by atoms with Crippen LogP contribution in [0.1, 0.15) is 48.4 Å². The minimum atomic E-state index is -0.303. The number of benzene rings is 1. The summed E-state index contributed by atoms with van der Waals surface area (Å²) in [5.41, 5.74) is 1.11. The van der Waals surface area contributed by atoms with E-state index in [1.54, 1.807) is 24.0 Å². The van der Waals surface area contributed by atoms with Crippen LogP contribution in [0.3, 0.4) is 0 Å². The third-order valence-corrected chi connectivity index (χ3v) is 4.40. The molecule has 1 saturated carbocycles. The molecular weight excluding hydrogens is 285 g/mol. The molecule has 4 rings (SSSR count). The third-order valence-electron chi connectivity index (χ3n) is 4.40. The molecule has 22 heavy (non-hydrogen) atoms. The summed E-state index contributed by atoms with van der Waals surface area (Å²) in [5.74, 6) is 1.24. The quantitative estimate of drug-likeness (QED) is 0.874. The highest BCUT2D eigenvalue weighted by Gasteiger charge is 2.37. The van der Waals surface area contributed by atoms with Gasteiger partial charge in [0.15, 0.2) is 5.82 Å². The van der Waals surface area contributed by atoms with Gasteiger partial charge in [0.1, 0.15) is 5.82 Å². The van der Waals surface area contributed by atoms with E-state index in [4.69, 9.17) is 4.52 Å². The SMILES string of the molecule is Cc1c(F)cccc1N1CC(c2nc(C3CC3)no2)CC1=O. The Morgan fingerprint density at radius 1 is 1.32 bits per heavy atom. The Morgan fingerprint density at radius 3 is 2.91 bits per heavy atom. The van der Waals surface area contributed by atoms with E-state index in [-0.39, 0.29) is 17.6 Å². The monoisotopic (exact) mass is 301 g/mol. The highest BCUT2D eigenvalue weighted by molar-refractivity contribution is 5.97.